The first-order valence-corrected chi connectivity index (χ1v) is 9.01. The smallest absolute Gasteiger partial charge is 0.337 e. The first kappa shape index (κ1) is 18.5. The number of rotatable bonds is 12. The van der Waals surface area contributed by atoms with Gasteiger partial charge >= 0.3 is 5.97 Å². The van der Waals surface area contributed by atoms with Crippen LogP contribution in [0.15, 0.2) is 0 Å². The van der Waals surface area contributed by atoms with Crippen LogP contribution in [0, 0.1) is 5.92 Å². The maximum absolute atomic E-state index is 11.6. The van der Waals surface area contributed by atoms with Crippen LogP contribution in [0.2, 0.25) is 0 Å². The summed E-state index contributed by atoms with van der Waals surface area (Å²) in [5, 5.41) is 0. The van der Waals surface area contributed by atoms with Crippen molar-refractivity contribution in [2.45, 2.75) is 104 Å². The maximum atomic E-state index is 11.6. The summed E-state index contributed by atoms with van der Waals surface area (Å²) in [6.07, 6.45) is 13.3. The molecule has 124 valence electrons. The van der Waals surface area contributed by atoms with Gasteiger partial charge < -0.3 is 9.47 Å². The van der Waals surface area contributed by atoms with Crippen molar-refractivity contribution in [2.75, 3.05) is 0 Å². The molecule has 1 aliphatic rings. The van der Waals surface area contributed by atoms with Gasteiger partial charge in [-0.3, -0.25) is 0 Å². The van der Waals surface area contributed by atoms with E-state index < -0.39 is 0 Å². The van der Waals surface area contributed by atoms with Gasteiger partial charge in [0.2, 0.25) is 6.29 Å². The topological polar surface area (TPSA) is 35.5 Å². The van der Waals surface area contributed by atoms with Gasteiger partial charge in [-0.1, -0.05) is 85.0 Å². The summed E-state index contributed by atoms with van der Waals surface area (Å²) in [4.78, 5) is 11.6. The van der Waals surface area contributed by atoms with E-state index in [1.165, 1.54) is 57.8 Å². The molecule has 0 bridgehead atoms. The molecule has 1 heterocycles. The van der Waals surface area contributed by atoms with Crippen molar-refractivity contribution in [3.05, 3.63) is 0 Å². The van der Waals surface area contributed by atoms with Gasteiger partial charge in [0.15, 0.2) is 6.10 Å². The predicted molar refractivity (Wildman–Crippen MR) is 86.1 cm³/mol. The normalized spacial score (nSPS) is 22.0. The number of ether oxygens (including phenoxy) is 2. The Balaban J connectivity index is 1.92. The van der Waals surface area contributed by atoms with Gasteiger partial charge in [-0.05, 0) is 6.42 Å². The van der Waals surface area contributed by atoms with Crippen molar-refractivity contribution in [3.63, 3.8) is 0 Å². The fraction of sp³-hybridized carbons (Fsp3) is 0.944. The minimum Gasteiger partial charge on any atom is -0.434 e. The Kier molecular flexibility index (Phi) is 9.73. The number of unbranched alkanes of at least 4 members (excludes halogenated alkanes) is 9. The Morgan fingerprint density at radius 3 is 1.90 bits per heavy atom. The van der Waals surface area contributed by atoms with Crippen LogP contribution in [0.4, 0.5) is 0 Å². The van der Waals surface area contributed by atoms with Crippen molar-refractivity contribution >= 4 is 5.97 Å². The van der Waals surface area contributed by atoms with E-state index in [4.69, 9.17) is 9.47 Å². The first-order chi connectivity index (χ1) is 10.1. The third kappa shape index (κ3) is 7.85. The molecule has 1 saturated heterocycles. The molecule has 3 heteroatoms. The van der Waals surface area contributed by atoms with Crippen LogP contribution in [0.25, 0.3) is 0 Å². The molecule has 0 aromatic heterocycles. The van der Waals surface area contributed by atoms with Crippen LogP contribution in [-0.2, 0) is 14.3 Å². The number of hydrogen-bond acceptors (Lipinski definition) is 3. The number of carbonyl (C=O) groups excluding carboxylic acids is 1. The third-order valence-corrected chi connectivity index (χ3v) is 4.16. The Morgan fingerprint density at radius 1 is 0.905 bits per heavy atom. The molecule has 0 N–H and O–H groups in total. The lowest BCUT2D eigenvalue weighted by Crippen LogP contribution is -2.17. The van der Waals surface area contributed by atoms with Crippen molar-refractivity contribution in [2.24, 2.45) is 5.92 Å². The minimum absolute atomic E-state index is 0.162. The van der Waals surface area contributed by atoms with E-state index in [0.717, 1.165) is 12.8 Å². The third-order valence-electron chi connectivity index (χ3n) is 4.16. The second-order valence-corrected chi connectivity index (χ2v) is 6.64. The van der Waals surface area contributed by atoms with Gasteiger partial charge in [-0.2, -0.15) is 0 Å². The highest BCUT2D eigenvalue weighted by Crippen LogP contribution is 2.23. The van der Waals surface area contributed by atoms with Gasteiger partial charge in [0.1, 0.15) is 0 Å². The summed E-state index contributed by atoms with van der Waals surface area (Å²) in [5.41, 5.74) is 0. The fourth-order valence-corrected chi connectivity index (χ4v) is 2.73. The maximum Gasteiger partial charge on any atom is 0.337 e. The Bertz CT molecular complexity index is 276. The Morgan fingerprint density at radius 2 is 1.43 bits per heavy atom. The molecular formula is C18H34O3. The number of esters is 1. The SMILES string of the molecule is CCCCCCCCCCCCC1OC(C(C)C)OC1=O. The second kappa shape index (κ2) is 11.1. The molecule has 2 atom stereocenters. The molecule has 3 nitrogen and oxygen atoms in total. The molecule has 1 aliphatic heterocycles. The van der Waals surface area contributed by atoms with E-state index in [0.29, 0.717) is 0 Å². The quantitative estimate of drug-likeness (QED) is 0.366. The lowest BCUT2D eigenvalue weighted by molar-refractivity contribution is -0.146. The lowest BCUT2D eigenvalue weighted by Gasteiger charge is -2.12. The molecule has 1 fully saturated rings. The van der Waals surface area contributed by atoms with E-state index >= 15 is 0 Å². The Hall–Kier alpha value is -0.570. The molecule has 0 radical (unpaired) electrons. The van der Waals surface area contributed by atoms with Crippen LogP contribution < -0.4 is 0 Å². The van der Waals surface area contributed by atoms with Gasteiger partial charge in [0, 0.05) is 5.92 Å². The summed E-state index contributed by atoms with van der Waals surface area (Å²) in [7, 11) is 0. The summed E-state index contributed by atoms with van der Waals surface area (Å²) in [6, 6.07) is 0. The van der Waals surface area contributed by atoms with Crippen LogP contribution in [0.3, 0.4) is 0 Å². The van der Waals surface area contributed by atoms with Crippen LogP contribution >= 0.6 is 0 Å². The highest BCUT2D eigenvalue weighted by atomic mass is 16.8. The number of carbonyl (C=O) groups is 1. The highest BCUT2D eigenvalue weighted by Gasteiger charge is 2.36. The van der Waals surface area contributed by atoms with Crippen molar-refractivity contribution in [1.29, 1.82) is 0 Å². The molecule has 2 unspecified atom stereocenters. The molecule has 0 aromatic rings. The van der Waals surface area contributed by atoms with Gasteiger partial charge in [0.05, 0.1) is 0 Å². The second-order valence-electron chi connectivity index (χ2n) is 6.64. The molecule has 21 heavy (non-hydrogen) atoms. The predicted octanol–water partition coefficient (Wildman–Crippen LogP) is 5.22. The zero-order chi connectivity index (χ0) is 15.5. The molecule has 1 rings (SSSR count). The summed E-state index contributed by atoms with van der Waals surface area (Å²) in [6.45, 7) is 6.29. The average molecular weight is 298 g/mol. The molecule has 0 saturated carbocycles. The number of hydrogen-bond donors (Lipinski definition) is 0. The molecule has 0 amide bonds. The Labute approximate surface area is 130 Å². The number of cyclic esters (lactones) is 1. The molecule has 0 spiro atoms. The van der Waals surface area contributed by atoms with Crippen molar-refractivity contribution in [3.8, 4) is 0 Å². The highest BCUT2D eigenvalue weighted by molar-refractivity contribution is 5.76. The standard InChI is InChI=1S/C18H34O3/c1-4-5-6-7-8-9-10-11-12-13-14-16-17(19)21-18(20-16)15(2)3/h15-16,18H,4-14H2,1-3H3. The lowest BCUT2D eigenvalue weighted by atomic mass is 10.0. The minimum atomic E-state index is -0.328. The fourth-order valence-electron chi connectivity index (χ4n) is 2.73. The van der Waals surface area contributed by atoms with Crippen LogP contribution in [0.1, 0.15) is 91.4 Å². The van der Waals surface area contributed by atoms with Gasteiger partial charge in [0.25, 0.3) is 0 Å². The van der Waals surface area contributed by atoms with Crippen LogP contribution in [-0.4, -0.2) is 18.4 Å². The summed E-state index contributed by atoms with van der Waals surface area (Å²) < 4.78 is 10.9. The van der Waals surface area contributed by atoms with Crippen LogP contribution in [0.5, 0.6) is 0 Å². The van der Waals surface area contributed by atoms with Gasteiger partial charge in [-0.15, -0.1) is 0 Å². The van der Waals surface area contributed by atoms with Crippen molar-refractivity contribution < 1.29 is 14.3 Å². The molecule has 0 aromatic carbocycles. The van der Waals surface area contributed by atoms with E-state index in [1.807, 2.05) is 13.8 Å². The molecular weight excluding hydrogens is 264 g/mol. The summed E-state index contributed by atoms with van der Waals surface area (Å²) >= 11 is 0. The average Bonchev–Trinajstić information content (AvgIpc) is 2.82. The molecule has 0 aliphatic carbocycles. The largest absolute Gasteiger partial charge is 0.434 e. The van der Waals surface area contributed by atoms with E-state index in [-0.39, 0.29) is 24.3 Å². The first-order valence-electron chi connectivity index (χ1n) is 9.01. The van der Waals surface area contributed by atoms with E-state index in [9.17, 15) is 4.79 Å². The van der Waals surface area contributed by atoms with E-state index in [2.05, 4.69) is 6.92 Å². The monoisotopic (exact) mass is 298 g/mol. The summed E-state index contributed by atoms with van der Waals surface area (Å²) in [5.74, 6) is 0.0799. The van der Waals surface area contributed by atoms with Gasteiger partial charge in [-0.25, -0.2) is 4.79 Å². The zero-order valence-corrected chi connectivity index (χ0v) is 14.2. The van der Waals surface area contributed by atoms with E-state index in [1.54, 1.807) is 0 Å². The zero-order valence-electron chi connectivity index (χ0n) is 14.2. The van der Waals surface area contributed by atoms with Crippen molar-refractivity contribution in [1.82, 2.24) is 0 Å².